The van der Waals surface area contributed by atoms with Gasteiger partial charge in [-0.25, -0.2) is 4.98 Å². The van der Waals surface area contributed by atoms with Gasteiger partial charge in [0.2, 0.25) is 0 Å². The third-order valence-corrected chi connectivity index (χ3v) is 2.78. The van der Waals surface area contributed by atoms with Crippen LogP contribution < -0.4 is 5.32 Å². The van der Waals surface area contributed by atoms with Crippen LogP contribution in [-0.4, -0.2) is 9.97 Å². The highest BCUT2D eigenvalue weighted by atomic mass is 35.5. The molecule has 3 rings (SSSR count). The van der Waals surface area contributed by atoms with Gasteiger partial charge in [-0.05, 0) is 30.3 Å². The minimum atomic E-state index is 0. The van der Waals surface area contributed by atoms with E-state index in [0.717, 1.165) is 22.4 Å². The number of hydrogen-bond acceptors (Lipinski definition) is 3. The highest BCUT2D eigenvalue weighted by Crippen LogP contribution is 2.14. The number of pyridine rings is 2. The van der Waals surface area contributed by atoms with Gasteiger partial charge >= 0.3 is 0 Å². The molecule has 2 heterocycles. The first kappa shape index (κ1) is 16.2. The lowest BCUT2D eigenvalue weighted by atomic mass is 10.2. The second-order valence-corrected chi connectivity index (χ2v) is 4.06. The van der Waals surface area contributed by atoms with E-state index >= 15 is 0 Å². The molecule has 0 spiro atoms. The van der Waals surface area contributed by atoms with Crippen molar-refractivity contribution in [1.29, 1.82) is 0 Å². The Balaban J connectivity index is 0.000001000. The molecule has 0 radical (unpaired) electrons. The van der Waals surface area contributed by atoms with Crippen molar-refractivity contribution < 1.29 is 0 Å². The maximum absolute atomic E-state index is 4.55. The zero-order valence-corrected chi connectivity index (χ0v) is 12.3. The fraction of sp³-hybridized carbons (Fsp3) is 0.0667. The van der Waals surface area contributed by atoms with E-state index in [9.17, 15) is 0 Å². The molecule has 0 atom stereocenters. The number of nitrogens with zero attached hydrogens (tertiary/aromatic N) is 2. The summed E-state index contributed by atoms with van der Waals surface area (Å²) >= 11 is 0. The summed E-state index contributed by atoms with van der Waals surface area (Å²) in [4.78, 5) is 8.82. The van der Waals surface area contributed by atoms with Crippen molar-refractivity contribution in [3.05, 3.63) is 66.5 Å². The molecule has 1 aromatic carbocycles. The summed E-state index contributed by atoms with van der Waals surface area (Å²) in [5, 5.41) is 4.43. The van der Waals surface area contributed by atoms with Crippen LogP contribution in [0.3, 0.4) is 0 Å². The summed E-state index contributed by atoms with van der Waals surface area (Å²) in [6.07, 6.45) is 1.80. The van der Waals surface area contributed by atoms with E-state index in [1.807, 2.05) is 42.5 Å². The molecular formula is C15H15Cl2N3. The second kappa shape index (κ2) is 7.68. The summed E-state index contributed by atoms with van der Waals surface area (Å²) in [7, 11) is 0. The molecule has 0 bridgehead atoms. The van der Waals surface area contributed by atoms with Gasteiger partial charge in [0.25, 0.3) is 0 Å². The third kappa shape index (κ3) is 3.83. The van der Waals surface area contributed by atoms with Crippen LogP contribution in [0.2, 0.25) is 0 Å². The van der Waals surface area contributed by atoms with Gasteiger partial charge in [-0.15, -0.1) is 24.8 Å². The van der Waals surface area contributed by atoms with Gasteiger partial charge in [0, 0.05) is 11.6 Å². The molecule has 104 valence electrons. The quantitative estimate of drug-likeness (QED) is 0.792. The number of hydrogen-bond donors (Lipinski definition) is 1. The number of halogens is 2. The van der Waals surface area contributed by atoms with Crippen molar-refractivity contribution in [2.24, 2.45) is 0 Å². The van der Waals surface area contributed by atoms with Crippen molar-refractivity contribution in [2.45, 2.75) is 6.54 Å². The SMILES string of the molecule is Cl.Cl.c1ccc(CNc2ccc3ccccc3n2)nc1. The first-order valence-corrected chi connectivity index (χ1v) is 5.91. The Bertz CT molecular complexity index is 659. The van der Waals surface area contributed by atoms with Gasteiger partial charge in [-0.3, -0.25) is 4.98 Å². The molecule has 0 saturated heterocycles. The Kier molecular flexibility index (Phi) is 6.22. The molecule has 0 fully saturated rings. The van der Waals surface area contributed by atoms with Gasteiger partial charge < -0.3 is 5.32 Å². The minimum absolute atomic E-state index is 0. The van der Waals surface area contributed by atoms with Crippen molar-refractivity contribution in [3.63, 3.8) is 0 Å². The molecule has 0 aliphatic rings. The van der Waals surface area contributed by atoms with Crippen LogP contribution >= 0.6 is 24.8 Å². The Labute approximate surface area is 130 Å². The van der Waals surface area contributed by atoms with Crippen LogP contribution in [0.25, 0.3) is 10.9 Å². The minimum Gasteiger partial charge on any atom is -0.364 e. The standard InChI is InChI=1S/C15H13N3.2ClH/c1-2-7-14-12(5-1)8-9-15(18-14)17-11-13-6-3-4-10-16-13;;/h1-10H,11H2,(H,17,18);2*1H. The van der Waals surface area contributed by atoms with Gasteiger partial charge in [0.1, 0.15) is 5.82 Å². The van der Waals surface area contributed by atoms with E-state index in [1.54, 1.807) is 6.20 Å². The van der Waals surface area contributed by atoms with E-state index in [4.69, 9.17) is 0 Å². The maximum Gasteiger partial charge on any atom is 0.126 e. The van der Waals surface area contributed by atoms with Gasteiger partial charge in [0.05, 0.1) is 17.8 Å². The topological polar surface area (TPSA) is 37.8 Å². The molecule has 2 aromatic heterocycles. The Hall–Kier alpha value is -1.84. The normalized spacial score (nSPS) is 9.40. The lowest BCUT2D eigenvalue weighted by Gasteiger charge is -2.06. The molecule has 20 heavy (non-hydrogen) atoms. The second-order valence-electron chi connectivity index (χ2n) is 4.06. The lowest BCUT2D eigenvalue weighted by Crippen LogP contribution is -2.02. The molecule has 0 aliphatic heterocycles. The average molecular weight is 308 g/mol. The summed E-state index contributed by atoms with van der Waals surface area (Å²) in [6.45, 7) is 0.687. The van der Waals surface area contributed by atoms with Crippen LogP contribution in [0.1, 0.15) is 5.69 Å². The van der Waals surface area contributed by atoms with E-state index in [0.29, 0.717) is 6.54 Å². The number of benzene rings is 1. The maximum atomic E-state index is 4.55. The first-order valence-electron chi connectivity index (χ1n) is 5.91. The number of rotatable bonds is 3. The summed E-state index contributed by atoms with van der Waals surface area (Å²) in [5.41, 5.74) is 2.01. The van der Waals surface area contributed by atoms with E-state index in [2.05, 4.69) is 27.4 Å². The summed E-state index contributed by atoms with van der Waals surface area (Å²) in [6, 6.07) is 18.0. The predicted molar refractivity (Wildman–Crippen MR) is 87.8 cm³/mol. The summed E-state index contributed by atoms with van der Waals surface area (Å²) < 4.78 is 0. The number of nitrogens with one attached hydrogen (secondary N) is 1. The van der Waals surface area contributed by atoms with Crippen LogP contribution in [0.5, 0.6) is 0 Å². The van der Waals surface area contributed by atoms with Gasteiger partial charge in [0.15, 0.2) is 0 Å². The highest BCUT2D eigenvalue weighted by molar-refractivity contribution is 5.85. The molecular weight excluding hydrogens is 293 g/mol. The molecule has 3 aromatic rings. The lowest BCUT2D eigenvalue weighted by molar-refractivity contribution is 1.03. The third-order valence-electron chi connectivity index (χ3n) is 2.78. The van der Waals surface area contributed by atoms with Crippen molar-refractivity contribution in [2.75, 3.05) is 5.32 Å². The Morgan fingerprint density at radius 1 is 0.850 bits per heavy atom. The van der Waals surface area contributed by atoms with Crippen molar-refractivity contribution in [3.8, 4) is 0 Å². The summed E-state index contributed by atoms with van der Waals surface area (Å²) in [5.74, 6) is 0.874. The molecule has 1 N–H and O–H groups in total. The Morgan fingerprint density at radius 3 is 2.45 bits per heavy atom. The van der Waals surface area contributed by atoms with E-state index < -0.39 is 0 Å². The number of fused-ring (bicyclic) bond motifs is 1. The molecule has 0 aliphatic carbocycles. The Morgan fingerprint density at radius 2 is 1.65 bits per heavy atom. The van der Waals surface area contributed by atoms with Gasteiger partial charge in [-0.1, -0.05) is 24.3 Å². The van der Waals surface area contributed by atoms with Crippen LogP contribution in [0.4, 0.5) is 5.82 Å². The fourth-order valence-corrected chi connectivity index (χ4v) is 1.85. The van der Waals surface area contributed by atoms with E-state index in [-0.39, 0.29) is 24.8 Å². The van der Waals surface area contributed by atoms with Crippen LogP contribution in [0, 0.1) is 0 Å². The van der Waals surface area contributed by atoms with E-state index in [1.165, 1.54) is 0 Å². The van der Waals surface area contributed by atoms with Crippen molar-refractivity contribution in [1.82, 2.24) is 9.97 Å². The predicted octanol–water partition coefficient (Wildman–Crippen LogP) is 4.09. The van der Waals surface area contributed by atoms with Crippen LogP contribution in [0.15, 0.2) is 60.8 Å². The van der Waals surface area contributed by atoms with Gasteiger partial charge in [-0.2, -0.15) is 0 Å². The number of para-hydroxylation sites is 1. The number of anilines is 1. The molecule has 0 amide bonds. The molecule has 0 saturated carbocycles. The largest absolute Gasteiger partial charge is 0.364 e. The number of aromatic nitrogens is 2. The highest BCUT2D eigenvalue weighted by Gasteiger charge is 1.98. The smallest absolute Gasteiger partial charge is 0.126 e. The molecule has 3 nitrogen and oxygen atoms in total. The fourth-order valence-electron chi connectivity index (χ4n) is 1.85. The first-order chi connectivity index (χ1) is 8.92. The van der Waals surface area contributed by atoms with Crippen LogP contribution in [-0.2, 0) is 6.54 Å². The monoisotopic (exact) mass is 307 g/mol. The van der Waals surface area contributed by atoms with Crippen molar-refractivity contribution >= 4 is 41.5 Å². The molecule has 5 heteroatoms. The molecule has 0 unspecified atom stereocenters. The zero-order chi connectivity index (χ0) is 12.2. The zero-order valence-electron chi connectivity index (χ0n) is 10.7. The average Bonchev–Trinajstić information content (AvgIpc) is 2.46.